The van der Waals surface area contributed by atoms with Crippen molar-refractivity contribution in [1.29, 1.82) is 0 Å². The molecule has 1 saturated heterocycles. The average molecular weight is 314 g/mol. The van der Waals surface area contributed by atoms with Gasteiger partial charge < -0.3 is 10.2 Å². The van der Waals surface area contributed by atoms with E-state index in [0.717, 1.165) is 19.5 Å². The third kappa shape index (κ3) is 3.89. The monoisotopic (exact) mass is 314 g/mol. The van der Waals surface area contributed by atoms with E-state index in [9.17, 15) is 4.79 Å². The first-order valence-electron chi connectivity index (χ1n) is 7.93. The van der Waals surface area contributed by atoms with Crippen molar-refractivity contribution < 1.29 is 4.79 Å². The fourth-order valence-electron chi connectivity index (χ4n) is 3.01. The molecule has 0 saturated carbocycles. The number of nitrogens with zero attached hydrogens (tertiary/aromatic N) is 1. The molecule has 2 aromatic rings. The molecule has 22 heavy (non-hydrogen) atoms. The van der Waals surface area contributed by atoms with Gasteiger partial charge in [-0.3, -0.25) is 0 Å². The van der Waals surface area contributed by atoms with Crippen molar-refractivity contribution in [1.82, 2.24) is 10.2 Å². The van der Waals surface area contributed by atoms with Crippen LogP contribution in [0.4, 0.5) is 4.79 Å². The van der Waals surface area contributed by atoms with Crippen LogP contribution in [-0.2, 0) is 6.54 Å². The quantitative estimate of drug-likeness (QED) is 0.903. The molecule has 0 spiro atoms. The van der Waals surface area contributed by atoms with Crippen molar-refractivity contribution in [3.63, 3.8) is 0 Å². The number of nitrogens with one attached hydrogen (secondary N) is 1. The van der Waals surface area contributed by atoms with E-state index >= 15 is 0 Å². The lowest BCUT2D eigenvalue weighted by Crippen LogP contribution is -2.41. The summed E-state index contributed by atoms with van der Waals surface area (Å²) in [4.78, 5) is 15.6. The Balaban J connectivity index is 1.61. The Morgan fingerprint density at radius 1 is 1.18 bits per heavy atom. The zero-order valence-electron chi connectivity index (χ0n) is 12.7. The van der Waals surface area contributed by atoms with Crippen LogP contribution in [0.2, 0.25) is 0 Å². The highest BCUT2D eigenvalue weighted by atomic mass is 32.1. The van der Waals surface area contributed by atoms with Gasteiger partial charge in [0.1, 0.15) is 0 Å². The number of hydrogen-bond acceptors (Lipinski definition) is 2. The number of likely N-dealkylation sites (tertiary alicyclic amines) is 1. The highest BCUT2D eigenvalue weighted by molar-refractivity contribution is 7.09. The Hall–Kier alpha value is -1.81. The molecule has 0 aliphatic carbocycles. The molecule has 1 aromatic heterocycles. The number of benzene rings is 1. The number of carbonyl (C=O) groups excluding carboxylic acids is 1. The lowest BCUT2D eigenvalue weighted by molar-refractivity contribution is 0.197. The summed E-state index contributed by atoms with van der Waals surface area (Å²) in [6.07, 6.45) is 3.45. The lowest BCUT2D eigenvalue weighted by atomic mass is 9.94. The molecular formula is C18H22N2OS. The molecule has 3 rings (SSSR count). The second kappa shape index (κ2) is 7.45. The van der Waals surface area contributed by atoms with Crippen LogP contribution in [0.1, 0.15) is 35.6 Å². The summed E-state index contributed by atoms with van der Waals surface area (Å²) < 4.78 is 0. The number of hydrogen-bond donors (Lipinski definition) is 1. The number of carbonyl (C=O) groups is 1. The molecule has 3 nitrogen and oxygen atoms in total. The SMILES string of the molecule is O=C(NCc1cccs1)N1CCCCC(c2ccccc2)C1. The fourth-order valence-corrected chi connectivity index (χ4v) is 3.66. The van der Waals surface area contributed by atoms with E-state index in [1.54, 1.807) is 11.3 Å². The van der Waals surface area contributed by atoms with Crippen LogP contribution in [0.3, 0.4) is 0 Å². The van der Waals surface area contributed by atoms with Gasteiger partial charge in [0.2, 0.25) is 0 Å². The molecule has 1 unspecified atom stereocenters. The van der Waals surface area contributed by atoms with Crippen LogP contribution >= 0.6 is 11.3 Å². The number of thiophene rings is 1. The van der Waals surface area contributed by atoms with Crippen LogP contribution in [0.15, 0.2) is 47.8 Å². The number of rotatable bonds is 3. The zero-order valence-corrected chi connectivity index (χ0v) is 13.5. The highest BCUT2D eigenvalue weighted by Gasteiger charge is 2.22. The van der Waals surface area contributed by atoms with Crippen LogP contribution < -0.4 is 5.32 Å². The minimum absolute atomic E-state index is 0.0660. The Kier molecular flexibility index (Phi) is 5.11. The van der Waals surface area contributed by atoms with Gasteiger partial charge in [0.15, 0.2) is 0 Å². The van der Waals surface area contributed by atoms with Gasteiger partial charge in [-0.25, -0.2) is 4.79 Å². The minimum atomic E-state index is 0.0660. The molecule has 1 fully saturated rings. The first-order valence-corrected chi connectivity index (χ1v) is 8.81. The average Bonchev–Trinajstić information content (AvgIpc) is 2.96. The van der Waals surface area contributed by atoms with Crippen LogP contribution in [0.5, 0.6) is 0 Å². The van der Waals surface area contributed by atoms with E-state index in [0.29, 0.717) is 12.5 Å². The third-order valence-corrected chi connectivity index (χ3v) is 5.10. The van der Waals surface area contributed by atoms with Crippen molar-refractivity contribution in [3.05, 3.63) is 58.3 Å². The minimum Gasteiger partial charge on any atom is -0.333 e. The van der Waals surface area contributed by atoms with Crippen molar-refractivity contribution in [2.75, 3.05) is 13.1 Å². The summed E-state index contributed by atoms with van der Waals surface area (Å²) in [5, 5.41) is 5.09. The maximum Gasteiger partial charge on any atom is 0.317 e. The smallest absolute Gasteiger partial charge is 0.317 e. The molecule has 1 aromatic carbocycles. The molecule has 1 aliphatic heterocycles. The molecule has 0 bridgehead atoms. The first kappa shape index (κ1) is 15.1. The predicted molar refractivity (Wildman–Crippen MR) is 91.2 cm³/mol. The summed E-state index contributed by atoms with van der Waals surface area (Å²) in [6.45, 7) is 2.31. The Morgan fingerprint density at radius 2 is 2.05 bits per heavy atom. The van der Waals surface area contributed by atoms with Crippen LogP contribution in [-0.4, -0.2) is 24.0 Å². The second-order valence-electron chi connectivity index (χ2n) is 5.79. The van der Waals surface area contributed by atoms with Gasteiger partial charge in [0.25, 0.3) is 0 Å². The maximum absolute atomic E-state index is 12.4. The Bertz CT molecular complexity index is 582. The lowest BCUT2D eigenvalue weighted by Gasteiger charge is -2.25. The summed E-state index contributed by atoms with van der Waals surface area (Å²) >= 11 is 1.68. The van der Waals surface area contributed by atoms with Crippen molar-refractivity contribution in [3.8, 4) is 0 Å². The first-order chi connectivity index (χ1) is 10.8. The topological polar surface area (TPSA) is 32.3 Å². The van der Waals surface area contributed by atoms with E-state index in [1.165, 1.54) is 23.3 Å². The molecule has 0 radical (unpaired) electrons. The normalized spacial score (nSPS) is 18.7. The van der Waals surface area contributed by atoms with Gasteiger partial charge in [-0.05, 0) is 29.9 Å². The third-order valence-electron chi connectivity index (χ3n) is 4.22. The maximum atomic E-state index is 12.4. The fraction of sp³-hybridized carbons (Fsp3) is 0.389. The van der Waals surface area contributed by atoms with Crippen molar-refractivity contribution in [2.24, 2.45) is 0 Å². The highest BCUT2D eigenvalue weighted by Crippen LogP contribution is 2.26. The van der Waals surface area contributed by atoms with Crippen LogP contribution in [0, 0.1) is 0 Å². The second-order valence-corrected chi connectivity index (χ2v) is 6.82. The van der Waals surface area contributed by atoms with Gasteiger partial charge in [-0.15, -0.1) is 11.3 Å². The molecule has 116 valence electrons. The molecule has 1 aliphatic rings. The molecular weight excluding hydrogens is 292 g/mol. The van der Waals surface area contributed by atoms with Gasteiger partial charge >= 0.3 is 6.03 Å². The predicted octanol–water partition coefficient (Wildman–Crippen LogP) is 4.23. The van der Waals surface area contributed by atoms with Gasteiger partial charge in [0.05, 0.1) is 6.54 Å². The molecule has 2 heterocycles. The Labute approximate surface area is 136 Å². The molecule has 2 amide bonds. The van der Waals surface area contributed by atoms with E-state index in [4.69, 9.17) is 0 Å². The van der Waals surface area contributed by atoms with Gasteiger partial charge in [0, 0.05) is 23.9 Å². The molecule has 4 heteroatoms. The summed E-state index contributed by atoms with van der Waals surface area (Å²) in [7, 11) is 0. The Morgan fingerprint density at radius 3 is 2.82 bits per heavy atom. The zero-order chi connectivity index (χ0) is 15.2. The van der Waals surface area contributed by atoms with Gasteiger partial charge in [-0.2, -0.15) is 0 Å². The van der Waals surface area contributed by atoms with E-state index in [1.807, 2.05) is 22.4 Å². The number of urea groups is 1. The van der Waals surface area contributed by atoms with E-state index in [2.05, 4.69) is 35.6 Å². The van der Waals surface area contributed by atoms with Crippen molar-refractivity contribution in [2.45, 2.75) is 31.7 Å². The standard InChI is InChI=1S/C18H22N2OS/c21-18(19-13-17-10-6-12-22-17)20-11-5-4-9-16(14-20)15-7-2-1-3-8-15/h1-3,6-8,10,12,16H,4-5,9,11,13-14H2,(H,19,21). The summed E-state index contributed by atoms with van der Waals surface area (Å²) in [5.41, 5.74) is 1.35. The van der Waals surface area contributed by atoms with E-state index in [-0.39, 0.29) is 6.03 Å². The largest absolute Gasteiger partial charge is 0.333 e. The molecule has 1 atom stereocenters. The van der Waals surface area contributed by atoms with Crippen LogP contribution in [0.25, 0.3) is 0 Å². The van der Waals surface area contributed by atoms with Gasteiger partial charge in [-0.1, -0.05) is 42.8 Å². The van der Waals surface area contributed by atoms with E-state index < -0.39 is 0 Å². The molecule has 1 N–H and O–H groups in total. The summed E-state index contributed by atoms with van der Waals surface area (Å²) in [6, 6.07) is 14.7. The summed E-state index contributed by atoms with van der Waals surface area (Å²) in [5.74, 6) is 0.455. The number of amides is 2. The van der Waals surface area contributed by atoms with Crippen molar-refractivity contribution >= 4 is 17.4 Å².